The lowest BCUT2D eigenvalue weighted by molar-refractivity contribution is 0.0756. The van der Waals surface area contributed by atoms with Gasteiger partial charge < -0.3 is 14.7 Å². The molecule has 0 atom stereocenters. The molecular weight excluding hydrogens is 218 g/mol. The van der Waals surface area contributed by atoms with Gasteiger partial charge in [0, 0.05) is 31.6 Å². The molecule has 1 aromatic heterocycles. The molecule has 0 unspecified atom stereocenters. The second-order valence-corrected chi connectivity index (χ2v) is 4.78. The maximum atomic E-state index is 12.2. The van der Waals surface area contributed by atoms with Gasteiger partial charge in [0.05, 0.1) is 0 Å². The van der Waals surface area contributed by atoms with Crippen LogP contribution in [0.2, 0.25) is 0 Å². The molecule has 92 valence electrons. The van der Waals surface area contributed by atoms with E-state index in [-0.39, 0.29) is 5.91 Å². The van der Waals surface area contributed by atoms with Gasteiger partial charge in [-0.3, -0.25) is 4.79 Å². The summed E-state index contributed by atoms with van der Waals surface area (Å²) in [5.74, 6) is 1.39. The molecule has 0 radical (unpaired) electrons. The van der Waals surface area contributed by atoms with Crippen LogP contribution in [0.4, 0.5) is 0 Å². The summed E-state index contributed by atoms with van der Waals surface area (Å²) in [6.45, 7) is 3.40. The van der Waals surface area contributed by atoms with Gasteiger partial charge in [0.15, 0.2) is 5.69 Å². The van der Waals surface area contributed by atoms with Gasteiger partial charge >= 0.3 is 0 Å². The number of carbonyl (C=O) groups is 1. The second kappa shape index (κ2) is 4.49. The SMILES string of the molecule is O=C(c1cc(C2CC2)on1)N1CCCNCC1. The van der Waals surface area contributed by atoms with Gasteiger partial charge in [0.1, 0.15) is 5.76 Å². The van der Waals surface area contributed by atoms with Gasteiger partial charge in [-0.25, -0.2) is 0 Å². The third-order valence-electron chi connectivity index (χ3n) is 3.35. The normalized spacial score (nSPS) is 21.3. The van der Waals surface area contributed by atoms with Gasteiger partial charge in [-0.2, -0.15) is 0 Å². The van der Waals surface area contributed by atoms with Crippen molar-refractivity contribution in [1.82, 2.24) is 15.4 Å². The van der Waals surface area contributed by atoms with Crippen LogP contribution < -0.4 is 5.32 Å². The Morgan fingerprint density at radius 1 is 1.41 bits per heavy atom. The zero-order valence-corrected chi connectivity index (χ0v) is 9.82. The van der Waals surface area contributed by atoms with Crippen molar-refractivity contribution in [3.63, 3.8) is 0 Å². The number of nitrogens with one attached hydrogen (secondary N) is 1. The van der Waals surface area contributed by atoms with Crippen molar-refractivity contribution in [3.8, 4) is 0 Å². The lowest BCUT2D eigenvalue weighted by Crippen LogP contribution is -2.34. The van der Waals surface area contributed by atoms with Crippen LogP contribution in [0.3, 0.4) is 0 Å². The van der Waals surface area contributed by atoms with Crippen LogP contribution in [0.15, 0.2) is 10.6 Å². The fraction of sp³-hybridized carbons (Fsp3) is 0.667. The molecule has 2 fully saturated rings. The van der Waals surface area contributed by atoms with Gasteiger partial charge in [0.25, 0.3) is 5.91 Å². The molecule has 0 bridgehead atoms. The van der Waals surface area contributed by atoms with E-state index >= 15 is 0 Å². The first-order chi connectivity index (χ1) is 8.34. The summed E-state index contributed by atoms with van der Waals surface area (Å²) in [7, 11) is 0. The monoisotopic (exact) mass is 235 g/mol. The largest absolute Gasteiger partial charge is 0.360 e. The number of carbonyl (C=O) groups excluding carboxylic acids is 1. The van der Waals surface area contributed by atoms with E-state index in [1.165, 1.54) is 0 Å². The smallest absolute Gasteiger partial charge is 0.276 e. The number of rotatable bonds is 2. The molecule has 1 saturated carbocycles. The molecule has 0 aromatic carbocycles. The zero-order valence-electron chi connectivity index (χ0n) is 9.82. The minimum atomic E-state index is 0.00403. The van der Waals surface area contributed by atoms with E-state index in [1.807, 2.05) is 11.0 Å². The average Bonchev–Trinajstić information content (AvgIpc) is 3.13. The van der Waals surface area contributed by atoms with Crippen LogP contribution in [-0.2, 0) is 0 Å². The molecule has 1 amide bonds. The van der Waals surface area contributed by atoms with Crippen LogP contribution in [0, 0.1) is 0 Å². The lowest BCUT2D eigenvalue weighted by Gasteiger charge is -2.17. The Hall–Kier alpha value is -1.36. The molecule has 2 heterocycles. The number of aromatic nitrogens is 1. The third-order valence-corrected chi connectivity index (χ3v) is 3.35. The highest BCUT2D eigenvalue weighted by Gasteiger charge is 2.29. The van der Waals surface area contributed by atoms with E-state index in [2.05, 4.69) is 10.5 Å². The highest BCUT2D eigenvalue weighted by Crippen LogP contribution is 2.40. The fourth-order valence-electron chi connectivity index (χ4n) is 2.16. The van der Waals surface area contributed by atoms with Crippen molar-refractivity contribution in [2.75, 3.05) is 26.2 Å². The maximum Gasteiger partial charge on any atom is 0.276 e. The van der Waals surface area contributed by atoms with Crippen molar-refractivity contribution < 1.29 is 9.32 Å². The molecule has 1 N–H and O–H groups in total. The summed E-state index contributed by atoms with van der Waals surface area (Å²) >= 11 is 0. The van der Waals surface area contributed by atoms with E-state index in [1.54, 1.807) is 0 Å². The van der Waals surface area contributed by atoms with E-state index in [0.717, 1.165) is 51.2 Å². The Balaban J connectivity index is 1.70. The fourth-order valence-corrected chi connectivity index (χ4v) is 2.16. The summed E-state index contributed by atoms with van der Waals surface area (Å²) in [6.07, 6.45) is 3.33. The summed E-state index contributed by atoms with van der Waals surface area (Å²) < 4.78 is 5.22. The van der Waals surface area contributed by atoms with E-state index in [4.69, 9.17) is 4.52 Å². The van der Waals surface area contributed by atoms with Gasteiger partial charge in [-0.05, 0) is 25.8 Å². The van der Waals surface area contributed by atoms with Crippen molar-refractivity contribution in [2.24, 2.45) is 0 Å². The van der Waals surface area contributed by atoms with E-state index < -0.39 is 0 Å². The van der Waals surface area contributed by atoms with E-state index in [9.17, 15) is 4.79 Å². The standard InChI is InChI=1S/C12H17N3O2/c16-12(15-6-1-4-13-5-7-15)10-8-11(17-14-10)9-2-3-9/h8-9,13H,1-7H2. The van der Waals surface area contributed by atoms with Crippen molar-refractivity contribution in [2.45, 2.75) is 25.2 Å². The average molecular weight is 235 g/mol. The molecule has 17 heavy (non-hydrogen) atoms. The first-order valence-electron chi connectivity index (χ1n) is 6.31. The van der Waals surface area contributed by atoms with Gasteiger partial charge in [-0.15, -0.1) is 0 Å². The Bertz CT molecular complexity index is 404. The summed E-state index contributed by atoms with van der Waals surface area (Å²) in [4.78, 5) is 14.0. The minimum Gasteiger partial charge on any atom is -0.360 e. The molecule has 1 aliphatic heterocycles. The summed E-state index contributed by atoms with van der Waals surface area (Å²) in [5, 5.41) is 7.18. The Kier molecular flexibility index (Phi) is 2.84. The highest BCUT2D eigenvalue weighted by atomic mass is 16.5. The molecule has 1 saturated heterocycles. The molecule has 1 aromatic rings. The summed E-state index contributed by atoms with van der Waals surface area (Å²) in [6, 6.07) is 1.82. The van der Waals surface area contributed by atoms with Crippen LogP contribution in [0.25, 0.3) is 0 Å². The molecule has 5 heteroatoms. The van der Waals surface area contributed by atoms with Crippen LogP contribution in [-0.4, -0.2) is 42.1 Å². The van der Waals surface area contributed by atoms with Crippen molar-refractivity contribution in [1.29, 1.82) is 0 Å². The quantitative estimate of drug-likeness (QED) is 0.830. The van der Waals surface area contributed by atoms with Gasteiger partial charge in [0.2, 0.25) is 0 Å². The number of nitrogens with zero attached hydrogens (tertiary/aromatic N) is 2. The third kappa shape index (κ3) is 2.34. The molecule has 1 aliphatic carbocycles. The zero-order chi connectivity index (χ0) is 11.7. The van der Waals surface area contributed by atoms with Crippen LogP contribution in [0.5, 0.6) is 0 Å². The topological polar surface area (TPSA) is 58.4 Å². The highest BCUT2D eigenvalue weighted by molar-refractivity contribution is 5.92. The summed E-state index contributed by atoms with van der Waals surface area (Å²) in [5.41, 5.74) is 0.466. The van der Waals surface area contributed by atoms with E-state index in [0.29, 0.717) is 11.6 Å². The Labute approximate surface area is 100 Å². The first kappa shape index (κ1) is 10.8. The predicted molar refractivity (Wildman–Crippen MR) is 61.9 cm³/mol. The molecule has 3 rings (SSSR count). The van der Waals surface area contributed by atoms with Crippen molar-refractivity contribution in [3.05, 3.63) is 17.5 Å². The Morgan fingerprint density at radius 2 is 2.29 bits per heavy atom. The lowest BCUT2D eigenvalue weighted by atomic mass is 10.2. The van der Waals surface area contributed by atoms with Crippen LogP contribution >= 0.6 is 0 Å². The molecule has 5 nitrogen and oxygen atoms in total. The number of amides is 1. The first-order valence-corrected chi connectivity index (χ1v) is 6.31. The second-order valence-electron chi connectivity index (χ2n) is 4.78. The van der Waals surface area contributed by atoms with Crippen molar-refractivity contribution >= 4 is 5.91 Å². The number of hydrogen-bond donors (Lipinski definition) is 1. The molecular formula is C12H17N3O2. The molecule has 2 aliphatic rings. The molecule has 0 spiro atoms. The minimum absolute atomic E-state index is 0.00403. The van der Waals surface area contributed by atoms with Crippen LogP contribution in [0.1, 0.15) is 41.4 Å². The number of hydrogen-bond acceptors (Lipinski definition) is 4. The Morgan fingerprint density at radius 3 is 3.12 bits per heavy atom. The van der Waals surface area contributed by atoms with Gasteiger partial charge in [-0.1, -0.05) is 5.16 Å². The predicted octanol–water partition coefficient (Wildman–Crippen LogP) is 0.988. The maximum absolute atomic E-state index is 12.2.